The van der Waals surface area contributed by atoms with Crippen molar-refractivity contribution in [3.05, 3.63) is 40.0 Å². The van der Waals surface area contributed by atoms with Gasteiger partial charge in [-0.25, -0.2) is 4.98 Å². The smallest absolute Gasteiger partial charge is 0.236 e. The summed E-state index contributed by atoms with van der Waals surface area (Å²) in [5.74, 6) is 1.41. The van der Waals surface area contributed by atoms with Gasteiger partial charge in [0, 0.05) is 11.3 Å². The third-order valence-electron chi connectivity index (χ3n) is 4.04. The zero-order valence-corrected chi connectivity index (χ0v) is 12.8. The van der Waals surface area contributed by atoms with E-state index in [1.165, 1.54) is 6.20 Å². The molecule has 0 bridgehead atoms. The maximum Gasteiger partial charge on any atom is 0.236 e. The fourth-order valence-corrected chi connectivity index (χ4v) is 3.31. The quantitative estimate of drug-likeness (QED) is 0.819. The monoisotopic (exact) mass is 335 g/mol. The van der Waals surface area contributed by atoms with Crippen LogP contribution in [0.1, 0.15) is 18.4 Å². The number of amides is 1. The molecule has 1 saturated carbocycles. The Bertz CT molecular complexity index is 795. The van der Waals surface area contributed by atoms with E-state index in [4.69, 9.17) is 33.7 Å². The van der Waals surface area contributed by atoms with E-state index in [2.05, 4.69) is 10.3 Å². The minimum atomic E-state index is -0.420. The summed E-state index contributed by atoms with van der Waals surface area (Å²) in [6, 6.07) is 4.95. The number of carbonyl (C=O) groups excluding carboxylic acids is 1. The van der Waals surface area contributed by atoms with Crippen molar-refractivity contribution in [1.29, 1.82) is 0 Å². The zero-order chi connectivity index (χ0) is 15.5. The molecule has 1 spiro atoms. The molecule has 1 aliphatic heterocycles. The number of pyridine rings is 1. The number of hydrogen-bond donors (Lipinski definition) is 2. The molecule has 7 heteroatoms. The van der Waals surface area contributed by atoms with Gasteiger partial charge in [-0.2, -0.15) is 0 Å². The van der Waals surface area contributed by atoms with E-state index in [0.717, 1.165) is 18.4 Å². The standard InChI is InChI=1S/C15H11Cl2N3O2/c16-10-3-7(18)4-11(17)12(10)22-8-5-9-13(19-6-8)20-14(21)15(9)1-2-15/h3-6H,1-2,18H2,(H,19,20,21). The van der Waals surface area contributed by atoms with Crippen molar-refractivity contribution in [2.75, 3.05) is 11.1 Å². The molecule has 1 amide bonds. The number of halogens is 2. The summed E-state index contributed by atoms with van der Waals surface area (Å²) < 4.78 is 5.76. The number of nitrogens with two attached hydrogens (primary N) is 1. The number of fused-ring (bicyclic) bond motifs is 2. The molecule has 1 fully saturated rings. The van der Waals surface area contributed by atoms with Gasteiger partial charge in [-0.05, 0) is 31.0 Å². The van der Waals surface area contributed by atoms with Gasteiger partial charge in [0.2, 0.25) is 5.91 Å². The van der Waals surface area contributed by atoms with Crippen LogP contribution in [-0.2, 0) is 10.2 Å². The molecule has 1 aromatic carbocycles. The maximum absolute atomic E-state index is 12.0. The lowest BCUT2D eigenvalue weighted by molar-refractivity contribution is -0.117. The van der Waals surface area contributed by atoms with Crippen LogP contribution in [-0.4, -0.2) is 10.9 Å². The van der Waals surface area contributed by atoms with Crippen LogP contribution >= 0.6 is 23.2 Å². The van der Waals surface area contributed by atoms with Crippen molar-refractivity contribution >= 4 is 40.6 Å². The maximum atomic E-state index is 12.0. The Balaban J connectivity index is 1.72. The average molecular weight is 336 g/mol. The number of nitrogen functional groups attached to an aromatic ring is 1. The highest BCUT2D eigenvalue weighted by Crippen LogP contribution is 2.55. The minimum absolute atomic E-state index is 0.00991. The highest BCUT2D eigenvalue weighted by atomic mass is 35.5. The van der Waals surface area contributed by atoms with Crippen molar-refractivity contribution in [3.63, 3.8) is 0 Å². The second-order valence-corrected chi connectivity index (χ2v) is 6.33. The van der Waals surface area contributed by atoms with Crippen LogP contribution in [0, 0.1) is 0 Å². The van der Waals surface area contributed by atoms with E-state index in [1.807, 2.05) is 6.07 Å². The SMILES string of the molecule is Nc1cc(Cl)c(Oc2cnc3c(c2)C2(CC2)C(=O)N3)c(Cl)c1. The Morgan fingerprint density at radius 1 is 1.23 bits per heavy atom. The summed E-state index contributed by atoms with van der Waals surface area (Å²) in [6.07, 6.45) is 3.20. The molecular weight excluding hydrogens is 325 g/mol. The van der Waals surface area contributed by atoms with Gasteiger partial charge < -0.3 is 15.8 Å². The first-order chi connectivity index (χ1) is 10.5. The highest BCUT2D eigenvalue weighted by Gasteiger charge is 2.57. The summed E-state index contributed by atoms with van der Waals surface area (Å²) in [6.45, 7) is 0. The van der Waals surface area contributed by atoms with E-state index in [-0.39, 0.29) is 5.91 Å². The van der Waals surface area contributed by atoms with Crippen molar-refractivity contribution in [2.24, 2.45) is 0 Å². The highest BCUT2D eigenvalue weighted by molar-refractivity contribution is 6.37. The van der Waals surface area contributed by atoms with E-state index in [9.17, 15) is 4.79 Å². The number of rotatable bonds is 2. The normalized spacial score (nSPS) is 17.3. The van der Waals surface area contributed by atoms with Crippen molar-refractivity contribution in [1.82, 2.24) is 4.98 Å². The Morgan fingerprint density at radius 2 is 1.91 bits per heavy atom. The molecule has 2 aromatic rings. The molecule has 2 aliphatic rings. The molecule has 0 radical (unpaired) electrons. The number of hydrogen-bond acceptors (Lipinski definition) is 4. The predicted molar refractivity (Wildman–Crippen MR) is 84.7 cm³/mol. The molecule has 0 saturated heterocycles. The fraction of sp³-hybridized carbons (Fsp3) is 0.200. The Kier molecular flexibility index (Phi) is 2.80. The first-order valence-corrected chi connectivity index (χ1v) is 7.49. The third kappa shape index (κ3) is 1.93. The summed E-state index contributed by atoms with van der Waals surface area (Å²) in [5, 5.41) is 3.44. The molecule has 3 N–H and O–H groups in total. The zero-order valence-electron chi connectivity index (χ0n) is 11.3. The number of aromatic nitrogens is 1. The van der Waals surface area contributed by atoms with Crippen molar-refractivity contribution in [3.8, 4) is 11.5 Å². The van der Waals surface area contributed by atoms with Crippen molar-refractivity contribution in [2.45, 2.75) is 18.3 Å². The first kappa shape index (κ1) is 13.7. The molecule has 4 rings (SSSR count). The van der Waals surface area contributed by atoms with Crippen molar-refractivity contribution < 1.29 is 9.53 Å². The number of benzene rings is 1. The number of nitrogens with zero attached hydrogens (tertiary/aromatic N) is 1. The summed E-state index contributed by atoms with van der Waals surface area (Å²) in [4.78, 5) is 16.2. The molecule has 112 valence electrons. The third-order valence-corrected chi connectivity index (χ3v) is 4.60. The molecular formula is C15H11Cl2N3O2. The molecule has 1 aromatic heterocycles. The lowest BCUT2D eigenvalue weighted by Crippen LogP contribution is -2.18. The largest absolute Gasteiger partial charge is 0.453 e. The number of nitrogens with one attached hydrogen (secondary N) is 1. The van der Waals surface area contributed by atoms with Crippen LogP contribution in [0.5, 0.6) is 11.5 Å². The van der Waals surface area contributed by atoms with Crippen LogP contribution in [0.25, 0.3) is 0 Å². The predicted octanol–water partition coefficient (Wildman–Crippen LogP) is 3.75. The van der Waals surface area contributed by atoms with Gasteiger partial charge in [-0.1, -0.05) is 23.2 Å². The Morgan fingerprint density at radius 3 is 2.55 bits per heavy atom. The molecule has 2 heterocycles. The average Bonchev–Trinajstić information content (AvgIpc) is 3.20. The summed E-state index contributed by atoms with van der Waals surface area (Å²) in [5.41, 5.74) is 6.58. The number of anilines is 2. The minimum Gasteiger partial charge on any atom is -0.453 e. The second-order valence-electron chi connectivity index (χ2n) is 5.52. The first-order valence-electron chi connectivity index (χ1n) is 6.74. The van der Waals surface area contributed by atoms with Gasteiger partial charge in [0.1, 0.15) is 11.6 Å². The van der Waals surface area contributed by atoms with Gasteiger partial charge in [0.15, 0.2) is 5.75 Å². The molecule has 0 unspecified atom stereocenters. The number of ether oxygens (including phenoxy) is 1. The van der Waals surface area contributed by atoms with Crippen LogP contribution < -0.4 is 15.8 Å². The molecule has 0 atom stereocenters. The van der Waals surface area contributed by atoms with Crippen LogP contribution in [0.15, 0.2) is 24.4 Å². The van der Waals surface area contributed by atoms with Crippen LogP contribution in [0.3, 0.4) is 0 Å². The van der Waals surface area contributed by atoms with E-state index in [0.29, 0.717) is 33.0 Å². The Labute approximate surface area is 136 Å². The topological polar surface area (TPSA) is 77.2 Å². The number of carbonyl (C=O) groups is 1. The van der Waals surface area contributed by atoms with Gasteiger partial charge in [0.25, 0.3) is 0 Å². The summed E-state index contributed by atoms with van der Waals surface area (Å²) >= 11 is 12.2. The van der Waals surface area contributed by atoms with Gasteiger partial charge in [0.05, 0.1) is 21.7 Å². The molecule has 22 heavy (non-hydrogen) atoms. The van der Waals surface area contributed by atoms with E-state index >= 15 is 0 Å². The fourth-order valence-electron chi connectivity index (χ4n) is 2.73. The van der Waals surface area contributed by atoms with Crippen LogP contribution in [0.4, 0.5) is 11.5 Å². The van der Waals surface area contributed by atoms with E-state index in [1.54, 1.807) is 12.1 Å². The second kappa shape index (κ2) is 4.51. The lowest BCUT2D eigenvalue weighted by atomic mass is 10.00. The van der Waals surface area contributed by atoms with Crippen LogP contribution in [0.2, 0.25) is 10.0 Å². The molecule has 1 aliphatic carbocycles. The Hall–Kier alpha value is -1.98. The van der Waals surface area contributed by atoms with E-state index < -0.39 is 5.41 Å². The van der Waals surface area contributed by atoms with Gasteiger partial charge in [-0.15, -0.1) is 0 Å². The lowest BCUT2D eigenvalue weighted by Gasteiger charge is -2.11. The molecule has 5 nitrogen and oxygen atoms in total. The van der Waals surface area contributed by atoms with Gasteiger partial charge in [-0.3, -0.25) is 4.79 Å². The summed E-state index contributed by atoms with van der Waals surface area (Å²) in [7, 11) is 0. The van der Waals surface area contributed by atoms with Gasteiger partial charge >= 0.3 is 0 Å².